The zero-order chi connectivity index (χ0) is 16.9. The molecule has 0 radical (unpaired) electrons. The zero-order valence-electron chi connectivity index (χ0n) is 14.6. The van der Waals surface area contributed by atoms with Crippen LogP contribution in [0.15, 0.2) is 42.6 Å². The smallest absolute Gasteiger partial charge is 0.254 e. The van der Waals surface area contributed by atoms with Crippen LogP contribution in [0, 0.1) is 0 Å². The summed E-state index contributed by atoms with van der Waals surface area (Å²) in [4.78, 5) is 20.9. The van der Waals surface area contributed by atoms with Gasteiger partial charge in [-0.25, -0.2) is 0 Å². The Morgan fingerprint density at radius 3 is 2.54 bits per heavy atom. The number of amides is 1. The summed E-state index contributed by atoms with van der Waals surface area (Å²) in [6.45, 7) is 3.32. The van der Waals surface area contributed by atoms with Gasteiger partial charge in [0.25, 0.3) is 5.91 Å². The number of halogens is 2. The van der Waals surface area contributed by atoms with Crippen LogP contribution in [-0.4, -0.2) is 49.1 Å². The number of nitrogens with two attached hydrogens (primary N) is 1. The molecule has 26 heavy (non-hydrogen) atoms. The van der Waals surface area contributed by atoms with E-state index in [1.54, 1.807) is 25.4 Å². The van der Waals surface area contributed by atoms with E-state index in [0.29, 0.717) is 25.2 Å². The molecule has 1 saturated heterocycles. The third-order valence-corrected chi connectivity index (χ3v) is 4.26. The molecule has 0 aliphatic carbocycles. The molecule has 0 unspecified atom stereocenters. The Balaban J connectivity index is 0.00000169. The van der Waals surface area contributed by atoms with Gasteiger partial charge in [0.2, 0.25) is 0 Å². The molecule has 6 nitrogen and oxygen atoms in total. The summed E-state index contributed by atoms with van der Waals surface area (Å²) < 4.78 is 5.28. The number of carbonyl (C=O) groups is 1. The summed E-state index contributed by atoms with van der Waals surface area (Å²) in [7, 11) is 1.67. The molecule has 8 heteroatoms. The highest BCUT2D eigenvalue weighted by atomic mass is 35.5. The fourth-order valence-corrected chi connectivity index (χ4v) is 2.88. The van der Waals surface area contributed by atoms with E-state index in [-0.39, 0.29) is 30.7 Å². The van der Waals surface area contributed by atoms with E-state index in [1.165, 1.54) is 0 Å². The summed E-state index contributed by atoms with van der Waals surface area (Å²) in [5, 5.41) is 0. The lowest BCUT2D eigenvalue weighted by Gasteiger charge is -2.36. The number of hydrogen-bond acceptors (Lipinski definition) is 5. The predicted molar refractivity (Wildman–Crippen MR) is 108 cm³/mol. The Bertz CT molecular complexity index is 722. The predicted octanol–water partition coefficient (Wildman–Crippen LogP) is 2.35. The molecule has 1 aliphatic rings. The minimum atomic E-state index is 0. The van der Waals surface area contributed by atoms with Crippen LogP contribution in [0.5, 0.6) is 5.75 Å². The van der Waals surface area contributed by atoms with E-state index in [1.807, 2.05) is 23.1 Å². The van der Waals surface area contributed by atoms with E-state index in [2.05, 4.69) is 16.0 Å². The number of aromatic nitrogens is 1. The Morgan fingerprint density at radius 1 is 1.15 bits per heavy atom. The Hall–Kier alpha value is -2.02. The van der Waals surface area contributed by atoms with Gasteiger partial charge in [-0.3, -0.25) is 9.78 Å². The molecule has 1 aromatic carbocycles. The van der Waals surface area contributed by atoms with Crippen LogP contribution in [0.4, 0.5) is 5.69 Å². The SMILES string of the molecule is COc1cccc(N2CCN(C(=O)c3ccnc(CN)c3)CC2)c1.Cl.Cl. The highest BCUT2D eigenvalue weighted by Crippen LogP contribution is 2.22. The van der Waals surface area contributed by atoms with Crippen LogP contribution in [0.2, 0.25) is 0 Å². The average molecular weight is 399 g/mol. The van der Waals surface area contributed by atoms with Crippen molar-refractivity contribution >= 4 is 36.4 Å². The number of hydrogen-bond donors (Lipinski definition) is 1. The lowest BCUT2D eigenvalue weighted by Crippen LogP contribution is -2.48. The monoisotopic (exact) mass is 398 g/mol. The minimum absolute atomic E-state index is 0. The van der Waals surface area contributed by atoms with Crippen molar-refractivity contribution < 1.29 is 9.53 Å². The Kier molecular flexibility index (Phi) is 8.65. The molecule has 0 bridgehead atoms. The fourth-order valence-electron chi connectivity index (χ4n) is 2.88. The second-order valence-electron chi connectivity index (χ2n) is 5.72. The summed E-state index contributed by atoms with van der Waals surface area (Å²) in [5.41, 5.74) is 8.11. The standard InChI is InChI=1S/C18H22N4O2.2ClH/c1-24-17-4-2-3-16(12-17)21-7-9-22(10-8-21)18(23)14-5-6-20-15(11-14)13-19;;/h2-6,11-12H,7-10,13,19H2,1H3;2*1H. The lowest BCUT2D eigenvalue weighted by atomic mass is 10.1. The normalized spacial score (nSPS) is 13.5. The van der Waals surface area contributed by atoms with Gasteiger partial charge in [0, 0.05) is 56.2 Å². The third-order valence-electron chi connectivity index (χ3n) is 4.26. The highest BCUT2D eigenvalue weighted by molar-refractivity contribution is 5.94. The van der Waals surface area contributed by atoms with E-state index in [9.17, 15) is 4.79 Å². The number of nitrogens with zero attached hydrogens (tertiary/aromatic N) is 3. The first-order valence-corrected chi connectivity index (χ1v) is 8.04. The molecule has 1 aromatic heterocycles. The quantitative estimate of drug-likeness (QED) is 0.855. The van der Waals surface area contributed by atoms with Crippen LogP contribution in [0.3, 0.4) is 0 Å². The van der Waals surface area contributed by atoms with Crippen molar-refractivity contribution in [2.24, 2.45) is 5.73 Å². The fraction of sp³-hybridized carbons (Fsp3) is 0.333. The maximum atomic E-state index is 12.6. The molecule has 2 heterocycles. The Morgan fingerprint density at radius 2 is 1.88 bits per heavy atom. The van der Waals surface area contributed by atoms with E-state index < -0.39 is 0 Å². The van der Waals surface area contributed by atoms with Gasteiger partial charge < -0.3 is 20.3 Å². The van der Waals surface area contributed by atoms with Crippen LogP contribution in [-0.2, 0) is 6.54 Å². The van der Waals surface area contributed by atoms with Crippen LogP contribution in [0.1, 0.15) is 16.1 Å². The van der Waals surface area contributed by atoms with Crippen LogP contribution < -0.4 is 15.4 Å². The number of rotatable bonds is 4. The Labute approximate surface area is 166 Å². The van der Waals surface area contributed by atoms with Crippen LogP contribution in [0.25, 0.3) is 0 Å². The molecule has 3 rings (SSSR count). The average Bonchev–Trinajstić information content (AvgIpc) is 2.67. The number of anilines is 1. The second-order valence-corrected chi connectivity index (χ2v) is 5.72. The van der Waals surface area contributed by atoms with Crippen molar-refractivity contribution in [1.29, 1.82) is 0 Å². The van der Waals surface area contributed by atoms with Gasteiger partial charge in [-0.15, -0.1) is 24.8 Å². The number of piperazine rings is 1. The summed E-state index contributed by atoms with van der Waals surface area (Å²) in [6.07, 6.45) is 1.64. The van der Waals surface area contributed by atoms with Crippen molar-refractivity contribution in [2.75, 3.05) is 38.2 Å². The topological polar surface area (TPSA) is 71.7 Å². The van der Waals surface area contributed by atoms with Crippen molar-refractivity contribution in [3.8, 4) is 5.75 Å². The van der Waals surface area contributed by atoms with Gasteiger partial charge in [0.1, 0.15) is 5.75 Å². The van der Waals surface area contributed by atoms with Crippen LogP contribution >= 0.6 is 24.8 Å². The summed E-state index contributed by atoms with van der Waals surface area (Å²) in [6, 6.07) is 11.5. The van der Waals surface area contributed by atoms with Crippen molar-refractivity contribution in [2.45, 2.75) is 6.54 Å². The molecule has 0 saturated carbocycles. The molecular weight excluding hydrogens is 375 g/mol. The largest absolute Gasteiger partial charge is 0.497 e. The number of methoxy groups -OCH3 is 1. The second kappa shape index (κ2) is 10.2. The molecule has 2 N–H and O–H groups in total. The number of ether oxygens (including phenoxy) is 1. The van der Waals surface area contributed by atoms with Crippen molar-refractivity contribution in [3.05, 3.63) is 53.9 Å². The molecule has 142 valence electrons. The molecule has 1 fully saturated rings. The van der Waals surface area contributed by atoms with Gasteiger partial charge in [-0.1, -0.05) is 6.07 Å². The van der Waals surface area contributed by atoms with Crippen molar-refractivity contribution in [1.82, 2.24) is 9.88 Å². The molecule has 2 aromatic rings. The molecule has 1 amide bonds. The van der Waals surface area contributed by atoms with E-state index >= 15 is 0 Å². The molecule has 0 atom stereocenters. The lowest BCUT2D eigenvalue weighted by molar-refractivity contribution is 0.0746. The molecule has 0 spiro atoms. The molecule has 1 aliphatic heterocycles. The van der Waals surface area contributed by atoms with Crippen molar-refractivity contribution in [3.63, 3.8) is 0 Å². The zero-order valence-corrected chi connectivity index (χ0v) is 16.3. The van der Waals surface area contributed by atoms with E-state index in [0.717, 1.165) is 30.2 Å². The van der Waals surface area contributed by atoms with Gasteiger partial charge >= 0.3 is 0 Å². The van der Waals surface area contributed by atoms with Gasteiger partial charge in [0.15, 0.2) is 0 Å². The number of carbonyl (C=O) groups excluding carboxylic acids is 1. The first kappa shape index (κ1) is 22.0. The minimum Gasteiger partial charge on any atom is -0.497 e. The molecular formula is C18H24Cl2N4O2. The summed E-state index contributed by atoms with van der Waals surface area (Å²) >= 11 is 0. The first-order valence-electron chi connectivity index (χ1n) is 8.04. The number of benzene rings is 1. The third kappa shape index (κ3) is 5.00. The van der Waals surface area contributed by atoms with E-state index in [4.69, 9.17) is 10.5 Å². The highest BCUT2D eigenvalue weighted by Gasteiger charge is 2.22. The maximum absolute atomic E-state index is 12.6. The van der Waals surface area contributed by atoms with Gasteiger partial charge in [-0.05, 0) is 24.3 Å². The van der Waals surface area contributed by atoms with Gasteiger partial charge in [-0.2, -0.15) is 0 Å². The first-order chi connectivity index (χ1) is 11.7. The summed E-state index contributed by atoms with van der Waals surface area (Å²) in [5.74, 6) is 0.884. The maximum Gasteiger partial charge on any atom is 0.254 e. The number of pyridine rings is 1. The van der Waals surface area contributed by atoms with Gasteiger partial charge in [0.05, 0.1) is 12.8 Å².